The van der Waals surface area contributed by atoms with Gasteiger partial charge in [-0.05, 0) is 44.1 Å². The molecule has 2 N–H and O–H groups in total. The average Bonchev–Trinajstić information content (AvgIpc) is 2.37. The van der Waals surface area contributed by atoms with Crippen LogP contribution in [0.25, 0.3) is 0 Å². The molecule has 0 bridgehead atoms. The lowest BCUT2D eigenvalue weighted by molar-refractivity contribution is -0.137. The van der Waals surface area contributed by atoms with Crippen LogP contribution in [0.15, 0.2) is 24.3 Å². The molecule has 1 aromatic carbocycles. The van der Waals surface area contributed by atoms with Crippen LogP contribution in [0.5, 0.6) is 0 Å². The summed E-state index contributed by atoms with van der Waals surface area (Å²) in [6, 6.07) is 4.14. The topological polar surface area (TPSA) is 58.2 Å². The van der Waals surface area contributed by atoms with Gasteiger partial charge in [-0.3, -0.25) is 4.72 Å². The van der Waals surface area contributed by atoms with Crippen molar-refractivity contribution in [1.29, 1.82) is 0 Å². The zero-order chi connectivity index (χ0) is 15.9. The van der Waals surface area contributed by atoms with Crippen molar-refractivity contribution in [2.24, 2.45) is 0 Å². The molecule has 0 spiro atoms. The van der Waals surface area contributed by atoms with E-state index in [0.717, 1.165) is 25.1 Å². The number of benzene rings is 1. The fourth-order valence-corrected chi connectivity index (χ4v) is 2.79. The van der Waals surface area contributed by atoms with Crippen molar-refractivity contribution >= 4 is 15.7 Å². The molecule has 0 aliphatic heterocycles. The lowest BCUT2D eigenvalue weighted by Crippen LogP contribution is -2.22. The number of halogens is 3. The second kappa shape index (κ2) is 7.65. The quantitative estimate of drug-likeness (QED) is 0.723. The maximum absolute atomic E-state index is 12.5. The summed E-state index contributed by atoms with van der Waals surface area (Å²) < 4.78 is 63.3. The Balaban J connectivity index is 2.59. The average molecular weight is 324 g/mol. The molecule has 120 valence electrons. The molecule has 0 aromatic heterocycles. The molecule has 21 heavy (non-hydrogen) atoms. The van der Waals surface area contributed by atoms with Gasteiger partial charge >= 0.3 is 6.18 Å². The molecule has 0 heterocycles. The molecule has 0 saturated heterocycles. The lowest BCUT2D eigenvalue weighted by atomic mass is 10.2. The molecule has 0 amide bonds. The van der Waals surface area contributed by atoms with Gasteiger partial charge in [0.05, 0.1) is 11.3 Å². The number of sulfonamides is 1. The normalized spacial score (nSPS) is 12.4. The van der Waals surface area contributed by atoms with Gasteiger partial charge in [0.15, 0.2) is 0 Å². The van der Waals surface area contributed by atoms with Crippen LogP contribution < -0.4 is 10.0 Å². The van der Waals surface area contributed by atoms with Crippen molar-refractivity contribution in [2.45, 2.75) is 25.9 Å². The third kappa shape index (κ3) is 6.81. The second-order valence-electron chi connectivity index (χ2n) is 4.60. The first kappa shape index (κ1) is 17.8. The Morgan fingerprint density at radius 3 is 2.52 bits per heavy atom. The summed E-state index contributed by atoms with van der Waals surface area (Å²) in [6.07, 6.45) is -3.14. The Kier molecular flexibility index (Phi) is 6.47. The monoisotopic (exact) mass is 324 g/mol. The van der Waals surface area contributed by atoms with Crippen LogP contribution in [0.2, 0.25) is 0 Å². The molecular weight excluding hydrogens is 305 g/mol. The standard InChI is InChI=1S/C13H19F3N2O2S/c1-2-7-17-8-4-9-21(19,20)18-12-6-3-5-11(10-12)13(14,15)16/h3,5-6,10,17-18H,2,4,7-9H2,1H3. The molecule has 0 unspecified atom stereocenters. The molecule has 1 aromatic rings. The van der Waals surface area contributed by atoms with Gasteiger partial charge in [0.1, 0.15) is 0 Å². The van der Waals surface area contributed by atoms with Gasteiger partial charge in [0, 0.05) is 5.69 Å². The van der Waals surface area contributed by atoms with Crippen LogP contribution in [-0.2, 0) is 16.2 Å². The highest BCUT2D eigenvalue weighted by molar-refractivity contribution is 7.92. The highest BCUT2D eigenvalue weighted by Gasteiger charge is 2.30. The van der Waals surface area contributed by atoms with Crippen molar-refractivity contribution in [3.63, 3.8) is 0 Å². The summed E-state index contributed by atoms with van der Waals surface area (Å²) in [4.78, 5) is 0. The summed E-state index contributed by atoms with van der Waals surface area (Å²) in [7, 11) is -3.64. The van der Waals surface area contributed by atoms with Crippen molar-refractivity contribution in [3.05, 3.63) is 29.8 Å². The zero-order valence-corrected chi connectivity index (χ0v) is 12.5. The van der Waals surface area contributed by atoms with E-state index in [9.17, 15) is 21.6 Å². The van der Waals surface area contributed by atoms with E-state index in [1.807, 2.05) is 6.92 Å². The van der Waals surface area contributed by atoms with E-state index in [0.29, 0.717) is 13.0 Å². The van der Waals surface area contributed by atoms with Crippen molar-refractivity contribution in [1.82, 2.24) is 5.32 Å². The first-order valence-electron chi connectivity index (χ1n) is 6.63. The third-order valence-electron chi connectivity index (χ3n) is 2.66. The number of alkyl halides is 3. The van der Waals surface area contributed by atoms with E-state index in [-0.39, 0.29) is 11.4 Å². The minimum absolute atomic E-state index is 0.0775. The molecule has 0 aliphatic rings. The largest absolute Gasteiger partial charge is 0.416 e. The summed E-state index contributed by atoms with van der Waals surface area (Å²) >= 11 is 0. The predicted octanol–water partition coefficient (Wildman–Crippen LogP) is 2.84. The summed E-state index contributed by atoms with van der Waals surface area (Å²) in [5, 5.41) is 3.06. The van der Waals surface area contributed by atoms with E-state index in [4.69, 9.17) is 0 Å². The summed E-state index contributed by atoms with van der Waals surface area (Å²) in [5.74, 6) is -0.139. The first-order valence-corrected chi connectivity index (χ1v) is 8.28. The highest BCUT2D eigenvalue weighted by atomic mass is 32.2. The number of nitrogens with one attached hydrogen (secondary N) is 2. The Bertz CT molecular complexity index is 545. The fraction of sp³-hybridized carbons (Fsp3) is 0.538. The molecule has 4 nitrogen and oxygen atoms in total. The van der Waals surface area contributed by atoms with Crippen LogP contribution in [0, 0.1) is 0 Å². The number of hydrogen-bond acceptors (Lipinski definition) is 3. The lowest BCUT2D eigenvalue weighted by Gasteiger charge is -2.11. The smallest absolute Gasteiger partial charge is 0.317 e. The fourth-order valence-electron chi connectivity index (χ4n) is 1.68. The maximum Gasteiger partial charge on any atom is 0.416 e. The Labute approximate surface area is 122 Å². The van der Waals surface area contributed by atoms with Crippen molar-refractivity contribution in [2.75, 3.05) is 23.6 Å². The van der Waals surface area contributed by atoms with Gasteiger partial charge in [-0.2, -0.15) is 13.2 Å². The minimum Gasteiger partial charge on any atom is -0.317 e. The molecular formula is C13H19F3N2O2S. The van der Waals surface area contributed by atoms with Crippen LogP contribution in [-0.4, -0.2) is 27.3 Å². The predicted molar refractivity (Wildman–Crippen MR) is 76.6 cm³/mol. The van der Waals surface area contributed by atoms with E-state index >= 15 is 0 Å². The first-order chi connectivity index (χ1) is 9.74. The Morgan fingerprint density at radius 2 is 1.90 bits per heavy atom. The third-order valence-corrected chi connectivity index (χ3v) is 4.03. The van der Waals surface area contributed by atoms with E-state index in [1.165, 1.54) is 12.1 Å². The van der Waals surface area contributed by atoms with Crippen LogP contribution >= 0.6 is 0 Å². The van der Waals surface area contributed by atoms with Gasteiger partial charge in [0.2, 0.25) is 10.0 Å². The molecule has 0 fully saturated rings. The molecule has 0 radical (unpaired) electrons. The Morgan fingerprint density at radius 1 is 1.19 bits per heavy atom. The second-order valence-corrected chi connectivity index (χ2v) is 6.44. The Hall–Kier alpha value is -1.28. The maximum atomic E-state index is 12.5. The van der Waals surface area contributed by atoms with Gasteiger partial charge in [0.25, 0.3) is 0 Å². The summed E-state index contributed by atoms with van der Waals surface area (Å²) in [5.41, 5.74) is -0.960. The molecule has 0 atom stereocenters. The van der Waals surface area contributed by atoms with Gasteiger partial charge in [-0.25, -0.2) is 8.42 Å². The van der Waals surface area contributed by atoms with Gasteiger partial charge in [-0.15, -0.1) is 0 Å². The zero-order valence-electron chi connectivity index (χ0n) is 11.7. The number of anilines is 1. The number of hydrogen-bond donors (Lipinski definition) is 2. The molecule has 1 rings (SSSR count). The SMILES string of the molecule is CCCNCCCS(=O)(=O)Nc1cccc(C(F)(F)F)c1. The van der Waals surface area contributed by atoms with Gasteiger partial charge < -0.3 is 5.32 Å². The van der Waals surface area contributed by atoms with Crippen molar-refractivity contribution in [3.8, 4) is 0 Å². The highest BCUT2D eigenvalue weighted by Crippen LogP contribution is 2.30. The van der Waals surface area contributed by atoms with Crippen LogP contribution in [0.3, 0.4) is 0 Å². The van der Waals surface area contributed by atoms with Crippen LogP contribution in [0.1, 0.15) is 25.3 Å². The van der Waals surface area contributed by atoms with E-state index in [2.05, 4.69) is 10.0 Å². The van der Waals surface area contributed by atoms with Crippen LogP contribution in [0.4, 0.5) is 18.9 Å². The van der Waals surface area contributed by atoms with Gasteiger partial charge in [-0.1, -0.05) is 13.0 Å². The minimum atomic E-state index is -4.49. The number of rotatable bonds is 8. The van der Waals surface area contributed by atoms with E-state index in [1.54, 1.807) is 0 Å². The van der Waals surface area contributed by atoms with E-state index < -0.39 is 21.8 Å². The summed E-state index contributed by atoms with van der Waals surface area (Å²) in [6.45, 7) is 3.36. The molecule has 0 aliphatic carbocycles. The molecule has 0 saturated carbocycles. The molecule has 8 heteroatoms. The van der Waals surface area contributed by atoms with Crippen molar-refractivity contribution < 1.29 is 21.6 Å².